The number of hydrogen-bond acceptors (Lipinski definition) is 7. The molecule has 0 fully saturated rings. The number of hydrogen-bond donors (Lipinski definition) is 1. The van der Waals surface area contributed by atoms with Crippen molar-refractivity contribution in [3.8, 4) is 0 Å². The second-order valence-corrected chi connectivity index (χ2v) is 4.57. The molecule has 0 saturated carbocycles. The van der Waals surface area contributed by atoms with Gasteiger partial charge >= 0.3 is 5.97 Å². The summed E-state index contributed by atoms with van der Waals surface area (Å²) in [5.74, 6) is -1.60. The zero-order valence-corrected chi connectivity index (χ0v) is 12.2. The molecule has 0 radical (unpaired) electrons. The summed E-state index contributed by atoms with van der Waals surface area (Å²) in [6, 6.07) is 3.70. The van der Waals surface area contributed by atoms with Crippen molar-refractivity contribution < 1.29 is 19.2 Å². The van der Waals surface area contributed by atoms with Crippen molar-refractivity contribution in [2.24, 2.45) is 0 Å². The number of amides is 1. The average Bonchev–Trinajstić information content (AvgIpc) is 2.53. The van der Waals surface area contributed by atoms with E-state index in [2.05, 4.69) is 15.3 Å². The summed E-state index contributed by atoms with van der Waals surface area (Å²) < 4.78 is 4.74. The summed E-state index contributed by atoms with van der Waals surface area (Å²) in [5.41, 5.74) is -0.486. The molecule has 0 aliphatic rings. The van der Waals surface area contributed by atoms with Crippen LogP contribution in [0.15, 0.2) is 36.8 Å². The number of nitro groups is 1. The van der Waals surface area contributed by atoms with Crippen molar-refractivity contribution in [3.05, 3.63) is 57.6 Å². The number of nitrogens with zero attached hydrogens (tertiary/aromatic N) is 3. The molecule has 10 heteroatoms. The number of rotatable bonds is 5. The summed E-state index contributed by atoms with van der Waals surface area (Å²) >= 11 is 5.74. The monoisotopic (exact) mass is 336 g/mol. The van der Waals surface area contributed by atoms with E-state index in [1.54, 1.807) is 0 Å². The number of carbonyl (C=O) groups excluding carboxylic acids is 2. The van der Waals surface area contributed by atoms with E-state index in [9.17, 15) is 19.7 Å². The Kier molecular flexibility index (Phi) is 5.15. The molecule has 0 unspecified atom stereocenters. The SMILES string of the molecule is O=C(COC(=O)c1cnccn1)Nc1cc(Cl)ccc1[N+](=O)[O-]. The van der Waals surface area contributed by atoms with E-state index in [1.807, 2.05) is 0 Å². The highest BCUT2D eigenvalue weighted by Crippen LogP contribution is 2.27. The van der Waals surface area contributed by atoms with Crippen LogP contribution >= 0.6 is 11.6 Å². The topological polar surface area (TPSA) is 124 Å². The van der Waals surface area contributed by atoms with E-state index in [1.165, 1.54) is 30.7 Å². The predicted molar refractivity (Wildman–Crippen MR) is 79.1 cm³/mol. The number of halogens is 1. The molecule has 1 heterocycles. The number of aromatic nitrogens is 2. The van der Waals surface area contributed by atoms with E-state index in [0.29, 0.717) is 0 Å². The normalized spacial score (nSPS) is 9.96. The van der Waals surface area contributed by atoms with Crippen LogP contribution in [0.1, 0.15) is 10.5 Å². The molecule has 0 aliphatic carbocycles. The van der Waals surface area contributed by atoms with E-state index in [4.69, 9.17) is 16.3 Å². The van der Waals surface area contributed by atoms with Crippen LogP contribution in [0.25, 0.3) is 0 Å². The van der Waals surface area contributed by atoms with Crippen LogP contribution in [-0.4, -0.2) is 33.4 Å². The summed E-state index contributed by atoms with van der Waals surface area (Å²) in [4.78, 5) is 40.9. The van der Waals surface area contributed by atoms with E-state index >= 15 is 0 Å². The van der Waals surface area contributed by atoms with Crippen LogP contribution in [0.2, 0.25) is 5.02 Å². The van der Waals surface area contributed by atoms with Gasteiger partial charge in [0, 0.05) is 23.5 Å². The molecule has 1 aromatic carbocycles. The first kappa shape index (κ1) is 16.3. The lowest BCUT2D eigenvalue weighted by Gasteiger charge is -2.07. The van der Waals surface area contributed by atoms with Crippen LogP contribution in [0.3, 0.4) is 0 Å². The average molecular weight is 337 g/mol. The van der Waals surface area contributed by atoms with Gasteiger partial charge in [0.1, 0.15) is 5.69 Å². The number of anilines is 1. The number of benzene rings is 1. The molecule has 0 bridgehead atoms. The zero-order valence-electron chi connectivity index (χ0n) is 11.4. The largest absolute Gasteiger partial charge is 0.451 e. The summed E-state index contributed by atoms with van der Waals surface area (Å²) in [5, 5.41) is 13.3. The molecular formula is C13H9ClN4O5. The zero-order chi connectivity index (χ0) is 16.8. The Morgan fingerprint density at radius 1 is 1.35 bits per heavy atom. The van der Waals surface area contributed by atoms with Crippen LogP contribution < -0.4 is 5.32 Å². The van der Waals surface area contributed by atoms with E-state index < -0.39 is 23.4 Å². The third-order valence-electron chi connectivity index (χ3n) is 2.54. The first-order chi connectivity index (χ1) is 11.0. The first-order valence-electron chi connectivity index (χ1n) is 6.14. The summed E-state index contributed by atoms with van der Waals surface area (Å²) in [6.07, 6.45) is 3.86. The number of carbonyl (C=O) groups is 2. The predicted octanol–water partition coefficient (Wildman–Crippen LogP) is 1.83. The molecule has 9 nitrogen and oxygen atoms in total. The summed E-state index contributed by atoms with van der Waals surface area (Å²) in [7, 11) is 0. The van der Waals surface area contributed by atoms with Crippen LogP contribution in [0.5, 0.6) is 0 Å². The van der Waals surface area contributed by atoms with Crippen molar-refractivity contribution in [2.75, 3.05) is 11.9 Å². The molecule has 0 aliphatic heterocycles. The fourth-order valence-electron chi connectivity index (χ4n) is 1.56. The maximum absolute atomic E-state index is 11.7. The molecule has 0 atom stereocenters. The molecule has 1 N–H and O–H groups in total. The van der Waals surface area contributed by atoms with Crippen molar-refractivity contribution in [1.29, 1.82) is 0 Å². The highest BCUT2D eigenvalue weighted by molar-refractivity contribution is 6.31. The van der Waals surface area contributed by atoms with Gasteiger partial charge in [0.15, 0.2) is 12.3 Å². The highest BCUT2D eigenvalue weighted by Gasteiger charge is 2.17. The smallest absolute Gasteiger partial charge is 0.359 e. The molecule has 118 valence electrons. The third-order valence-corrected chi connectivity index (χ3v) is 2.77. The molecule has 1 amide bonds. The fourth-order valence-corrected chi connectivity index (χ4v) is 1.74. The number of nitro benzene ring substituents is 1. The second-order valence-electron chi connectivity index (χ2n) is 4.13. The van der Waals surface area contributed by atoms with E-state index in [-0.39, 0.29) is 22.1 Å². The Balaban J connectivity index is 1.99. The van der Waals surface area contributed by atoms with Crippen molar-refractivity contribution in [1.82, 2.24) is 9.97 Å². The van der Waals surface area contributed by atoms with Crippen molar-refractivity contribution in [3.63, 3.8) is 0 Å². The molecule has 2 rings (SSSR count). The van der Waals surface area contributed by atoms with Crippen LogP contribution in [0.4, 0.5) is 11.4 Å². The molecule has 1 aromatic heterocycles. The molecule has 23 heavy (non-hydrogen) atoms. The minimum absolute atomic E-state index is 0.0611. The van der Waals surface area contributed by atoms with Gasteiger partial charge < -0.3 is 10.1 Å². The van der Waals surface area contributed by atoms with Gasteiger partial charge in [-0.1, -0.05) is 11.6 Å². The molecule has 0 spiro atoms. The fraction of sp³-hybridized carbons (Fsp3) is 0.0769. The number of nitrogens with one attached hydrogen (secondary N) is 1. The first-order valence-corrected chi connectivity index (χ1v) is 6.52. The Hall–Kier alpha value is -3.07. The number of ether oxygens (including phenoxy) is 1. The van der Waals surface area contributed by atoms with Crippen LogP contribution in [0, 0.1) is 10.1 Å². The third kappa shape index (κ3) is 4.45. The molecular weight excluding hydrogens is 328 g/mol. The lowest BCUT2D eigenvalue weighted by Crippen LogP contribution is -2.21. The lowest BCUT2D eigenvalue weighted by atomic mass is 10.2. The lowest BCUT2D eigenvalue weighted by molar-refractivity contribution is -0.383. The quantitative estimate of drug-likeness (QED) is 0.501. The molecule has 2 aromatic rings. The van der Waals surface area contributed by atoms with Gasteiger partial charge in [0.25, 0.3) is 11.6 Å². The maximum Gasteiger partial charge on any atom is 0.359 e. The van der Waals surface area contributed by atoms with Gasteiger partial charge in [0.05, 0.1) is 11.1 Å². The number of esters is 1. The van der Waals surface area contributed by atoms with Gasteiger partial charge in [0.2, 0.25) is 0 Å². The second kappa shape index (κ2) is 7.27. The van der Waals surface area contributed by atoms with Crippen molar-refractivity contribution >= 4 is 34.9 Å². The van der Waals surface area contributed by atoms with Gasteiger partial charge in [-0.2, -0.15) is 0 Å². The maximum atomic E-state index is 11.7. The minimum atomic E-state index is -0.839. The Morgan fingerprint density at radius 2 is 2.13 bits per heavy atom. The Labute approximate surface area is 134 Å². The van der Waals surface area contributed by atoms with Gasteiger partial charge in [-0.3, -0.25) is 19.9 Å². The Morgan fingerprint density at radius 3 is 2.78 bits per heavy atom. The highest BCUT2D eigenvalue weighted by atomic mass is 35.5. The Bertz CT molecular complexity index is 753. The summed E-state index contributed by atoms with van der Waals surface area (Å²) in [6.45, 7) is -0.640. The van der Waals surface area contributed by atoms with Gasteiger partial charge in [-0.15, -0.1) is 0 Å². The van der Waals surface area contributed by atoms with Crippen molar-refractivity contribution in [2.45, 2.75) is 0 Å². The minimum Gasteiger partial charge on any atom is -0.451 e. The standard InChI is InChI=1S/C13H9ClN4O5/c14-8-1-2-11(18(21)22)9(5-8)17-12(19)7-23-13(20)10-6-15-3-4-16-10/h1-6H,7H2,(H,17,19). The molecule has 0 saturated heterocycles. The van der Waals surface area contributed by atoms with Gasteiger partial charge in [-0.05, 0) is 12.1 Å². The van der Waals surface area contributed by atoms with Crippen LogP contribution in [-0.2, 0) is 9.53 Å². The van der Waals surface area contributed by atoms with E-state index in [0.717, 1.165) is 6.07 Å². The van der Waals surface area contributed by atoms with Gasteiger partial charge in [-0.25, -0.2) is 9.78 Å².